The number of ether oxygens (including phenoxy) is 1. The van der Waals surface area contributed by atoms with Gasteiger partial charge < -0.3 is 30.7 Å². The van der Waals surface area contributed by atoms with Crippen LogP contribution < -0.4 is 5.73 Å². The maximum atomic E-state index is 10.6. The van der Waals surface area contributed by atoms with Crippen molar-refractivity contribution in [2.75, 3.05) is 12.1 Å². The molecule has 0 amide bonds. The number of aliphatic hydroxyl groups excluding tert-OH is 2. The fourth-order valence-electron chi connectivity index (χ4n) is 2.34. The van der Waals surface area contributed by atoms with Crippen molar-refractivity contribution < 1.29 is 34.5 Å². The molecule has 0 radical (unpaired) electrons. The summed E-state index contributed by atoms with van der Waals surface area (Å²) in [6, 6.07) is 0. The predicted molar refractivity (Wildman–Crippen MR) is 78.7 cm³/mol. The van der Waals surface area contributed by atoms with Crippen molar-refractivity contribution in [3.05, 3.63) is 12.7 Å². The van der Waals surface area contributed by atoms with E-state index in [0.29, 0.717) is 11.2 Å². The second-order valence-corrected chi connectivity index (χ2v) is 6.41. The van der Waals surface area contributed by atoms with E-state index in [4.69, 9.17) is 20.5 Å². The molecular formula is C11H16N5O7P. The number of nitrogen functional groups attached to an aromatic ring is 1. The molecule has 5 atom stereocenters. The third kappa shape index (κ3) is 2.83. The fourth-order valence-corrected chi connectivity index (χ4v) is 2.57. The van der Waals surface area contributed by atoms with Crippen molar-refractivity contribution in [1.29, 1.82) is 0 Å². The summed E-state index contributed by atoms with van der Waals surface area (Å²) in [5, 5.41) is 29.5. The molecule has 0 saturated carbocycles. The quantitative estimate of drug-likeness (QED) is 0.240. The van der Waals surface area contributed by atoms with E-state index in [0.717, 1.165) is 0 Å². The summed E-state index contributed by atoms with van der Waals surface area (Å²) in [5.74, 6) is 0.155. The zero-order chi connectivity index (χ0) is 17.5. The van der Waals surface area contributed by atoms with Crippen LogP contribution in [0.2, 0.25) is 0 Å². The first-order valence-corrected chi connectivity index (χ1v) is 8.15. The van der Waals surface area contributed by atoms with Crippen LogP contribution in [0.3, 0.4) is 0 Å². The summed E-state index contributed by atoms with van der Waals surface area (Å²) >= 11 is 0. The molecular weight excluding hydrogens is 345 g/mol. The lowest BCUT2D eigenvalue weighted by Gasteiger charge is -2.26. The number of rotatable bonds is 5. The average molecular weight is 361 g/mol. The first kappa shape index (κ1) is 17.3. The van der Waals surface area contributed by atoms with Gasteiger partial charge in [-0.3, -0.25) is 4.57 Å². The van der Waals surface area contributed by atoms with E-state index in [1.807, 2.05) is 0 Å². The van der Waals surface area contributed by atoms with Gasteiger partial charge in [-0.25, -0.2) is 15.0 Å². The normalized spacial score (nSPS) is 31.6. The summed E-state index contributed by atoms with van der Waals surface area (Å²) in [6.07, 6.45) is -2.14. The Hall–Kier alpha value is -1.50. The lowest BCUT2D eigenvalue weighted by atomic mass is 9.99. The van der Waals surface area contributed by atoms with Gasteiger partial charge in [0.2, 0.25) is 14.7 Å². The molecule has 1 saturated heterocycles. The van der Waals surface area contributed by atoms with E-state index in [1.54, 1.807) is 0 Å². The first-order valence-electron chi connectivity index (χ1n) is 6.76. The Kier molecular flexibility index (Phi) is 4.64. The van der Waals surface area contributed by atoms with Gasteiger partial charge in [0.25, 0.3) is 0 Å². The highest BCUT2D eigenvalue weighted by atomic mass is 31.2. The highest BCUT2D eigenvalue weighted by Crippen LogP contribution is 2.41. The number of aromatic nitrogens is 4. The van der Waals surface area contributed by atoms with Gasteiger partial charge in [-0.2, -0.15) is 9.56 Å². The van der Waals surface area contributed by atoms with E-state index in [-0.39, 0.29) is 5.82 Å². The summed E-state index contributed by atoms with van der Waals surface area (Å²) in [6.45, 7) is 1.33. The minimum absolute atomic E-state index is 0.155. The van der Waals surface area contributed by atoms with Crippen molar-refractivity contribution in [3.63, 3.8) is 0 Å². The monoisotopic (exact) mass is 361 g/mol. The molecule has 1 aliphatic rings. The van der Waals surface area contributed by atoms with Crippen LogP contribution in [0, 0.1) is 0 Å². The van der Waals surface area contributed by atoms with Crippen LogP contribution in [-0.2, 0) is 14.3 Å². The standard InChI is InChI=1S/C11H16N5O7P/c1-11(19)6(18)9(22-23-24(20)4-17)21-10(11)16-3-15-5-7(12)13-2-14-8(5)16/h2-3,6,9-10,17-20H,4H2,1H3,(H2,12,13,14)/t6-,9+,10+,11?,24?/m0/s1. The molecule has 24 heavy (non-hydrogen) atoms. The lowest BCUT2D eigenvalue weighted by molar-refractivity contribution is -0.332. The first-order chi connectivity index (χ1) is 11.4. The molecule has 12 nitrogen and oxygen atoms in total. The molecule has 1 fully saturated rings. The van der Waals surface area contributed by atoms with Crippen molar-refractivity contribution in [2.45, 2.75) is 31.1 Å². The molecule has 0 spiro atoms. The Bertz CT molecular complexity index is 728. The Morgan fingerprint density at radius 1 is 1.46 bits per heavy atom. The molecule has 2 aromatic heterocycles. The fraction of sp³-hybridized carbons (Fsp3) is 0.545. The molecule has 1 aliphatic heterocycles. The highest BCUT2D eigenvalue weighted by Gasteiger charge is 2.55. The molecule has 132 valence electrons. The second-order valence-electron chi connectivity index (χ2n) is 5.27. The topological polar surface area (TPSA) is 178 Å². The Morgan fingerprint density at radius 3 is 2.92 bits per heavy atom. The van der Waals surface area contributed by atoms with Gasteiger partial charge in [0.15, 0.2) is 17.7 Å². The minimum Gasteiger partial charge on any atom is -0.387 e. The number of nitrogens with zero attached hydrogens (tertiary/aromatic N) is 4. The smallest absolute Gasteiger partial charge is 0.232 e. The van der Waals surface area contributed by atoms with Crippen molar-refractivity contribution in [3.8, 4) is 0 Å². The van der Waals surface area contributed by atoms with E-state index < -0.39 is 38.9 Å². The molecule has 0 aromatic carbocycles. The van der Waals surface area contributed by atoms with E-state index in [1.165, 1.54) is 24.1 Å². The number of nitrogens with two attached hydrogens (primary N) is 1. The Balaban J connectivity index is 1.88. The molecule has 2 unspecified atom stereocenters. The van der Waals surface area contributed by atoms with Crippen LogP contribution >= 0.6 is 8.38 Å². The van der Waals surface area contributed by atoms with Gasteiger partial charge in [0, 0.05) is 0 Å². The summed E-state index contributed by atoms with van der Waals surface area (Å²) in [5.41, 5.74) is 4.52. The molecule has 13 heteroatoms. The zero-order valence-corrected chi connectivity index (χ0v) is 13.3. The number of hydrogen-bond acceptors (Lipinski definition) is 11. The Morgan fingerprint density at radius 2 is 2.21 bits per heavy atom. The Labute approximate surface area is 136 Å². The van der Waals surface area contributed by atoms with Crippen molar-refractivity contribution in [1.82, 2.24) is 19.5 Å². The van der Waals surface area contributed by atoms with Gasteiger partial charge in [0.05, 0.1) is 6.33 Å². The minimum atomic E-state index is -2.23. The molecule has 0 aliphatic carbocycles. The van der Waals surface area contributed by atoms with Gasteiger partial charge in [-0.05, 0) is 6.92 Å². The number of anilines is 1. The van der Waals surface area contributed by atoms with Crippen molar-refractivity contribution >= 4 is 25.4 Å². The van der Waals surface area contributed by atoms with E-state index in [9.17, 15) is 15.1 Å². The maximum Gasteiger partial charge on any atom is 0.232 e. The van der Waals surface area contributed by atoms with Gasteiger partial charge in [-0.15, -0.1) is 0 Å². The number of fused-ring (bicyclic) bond motifs is 1. The van der Waals surface area contributed by atoms with Crippen LogP contribution in [0.15, 0.2) is 12.7 Å². The molecule has 2 aromatic rings. The third-order valence-corrected chi connectivity index (χ3v) is 4.10. The molecule has 6 N–H and O–H groups in total. The van der Waals surface area contributed by atoms with Gasteiger partial charge in [0.1, 0.15) is 29.9 Å². The number of aliphatic hydroxyl groups is 3. The van der Waals surface area contributed by atoms with Crippen LogP contribution in [0.5, 0.6) is 0 Å². The van der Waals surface area contributed by atoms with Crippen LogP contribution in [-0.4, -0.2) is 64.1 Å². The maximum absolute atomic E-state index is 10.6. The average Bonchev–Trinajstić information content (AvgIpc) is 3.07. The number of imidazole rings is 1. The lowest BCUT2D eigenvalue weighted by Crippen LogP contribution is -2.44. The van der Waals surface area contributed by atoms with Crippen LogP contribution in [0.25, 0.3) is 11.2 Å². The summed E-state index contributed by atoms with van der Waals surface area (Å²) < 4.78 is 11.4. The van der Waals surface area contributed by atoms with Crippen LogP contribution in [0.1, 0.15) is 13.2 Å². The summed E-state index contributed by atoms with van der Waals surface area (Å²) in [7, 11) is -2.23. The third-order valence-electron chi connectivity index (χ3n) is 3.60. The van der Waals surface area contributed by atoms with Gasteiger partial charge in [-0.1, -0.05) is 0 Å². The SMILES string of the molecule is CC1(O)[C@@H](O)[C@@H](OOP(O)CO)O[C@H]1n1cnc2c(N)ncnc21. The van der Waals surface area contributed by atoms with Crippen LogP contribution in [0.4, 0.5) is 5.82 Å². The van der Waals surface area contributed by atoms with E-state index in [2.05, 4.69) is 19.6 Å². The zero-order valence-electron chi connectivity index (χ0n) is 12.4. The number of hydrogen-bond donors (Lipinski definition) is 5. The molecule has 3 rings (SSSR count). The summed E-state index contributed by atoms with van der Waals surface area (Å²) in [4.78, 5) is 25.9. The van der Waals surface area contributed by atoms with E-state index >= 15 is 0 Å². The largest absolute Gasteiger partial charge is 0.387 e. The van der Waals surface area contributed by atoms with Crippen molar-refractivity contribution in [2.24, 2.45) is 0 Å². The van der Waals surface area contributed by atoms with Gasteiger partial charge >= 0.3 is 0 Å². The highest BCUT2D eigenvalue weighted by molar-refractivity contribution is 7.45. The molecule has 0 bridgehead atoms. The predicted octanol–water partition coefficient (Wildman–Crippen LogP) is -1.42. The molecule has 3 heterocycles. The second kappa shape index (κ2) is 6.43.